The maximum atomic E-state index is 10.3. The van der Waals surface area contributed by atoms with E-state index >= 15 is 0 Å². The van der Waals surface area contributed by atoms with Gasteiger partial charge in [0, 0.05) is 0 Å². The molecule has 0 fully saturated rings. The normalized spacial score (nSPS) is 13.6. The Morgan fingerprint density at radius 2 is 1.94 bits per heavy atom. The fraction of sp³-hybridized carbons (Fsp3) is 0.571. The highest BCUT2D eigenvalue weighted by atomic mass is 16.1. The predicted molar refractivity (Wildman–Crippen MR) is 68.9 cm³/mol. The number of rotatable bonds is 10. The van der Waals surface area contributed by atoms with Crippen LogP contribution in [0.15, 0.2) is 30.3 Å². The number of aliphatic imine (C=N–C) groups is 1. The van der Waals surface area contributed by atoms with Gasteiger partial charge in [-0.1, -0.05) is 25.5 Å². The second-order valence-corrected chi connectivity index (χ2v) is 3.96. The molecule has 89 valence electrons. The van der Waals surface area contributed by atoms with E-state index in [1.165, 1.54) is 0 Å². The van der Waals surface area contributed by atoms with Crippen LogP contribution in [0.5, 0.6) is 0 Å². The van der Waals surface area contributed by atoms with Crippen molar-refractivity contribution in [2.45, 2.75) is 45.1 Å². The van der Waals surface area contributed by atoms with Crippen LogP contribution < -0.4 is 0 Å². The van der Waals surface area contributed by atoms with Gasteiger partial charge in [0.2, 0.25) is 6.08 Å². The summed E-state index contributed by atoms with van der Waals surface area (Å²) in [6.45, 7) is 9.58. The van der Waals surface area contributed by atoms with Crippen LogP contribution in [0.1, 0.15) is 39.0 Å². The SMILES string of the molecule is C=CCC(C[CH]CC)CC(CC=C)N=C=O. The van der Waals surface area contributed by atoms with Crippen molar-refractivity contribution in [2.24, 2.45) is 10.9 Å². The summed E-state index contributed by atoms with van der Waals surface area (Å²) in [5, 5.41) is 0. The molecule has 0 aliphatic rings. The van der Waals surface area contributed by atoms with Gasteiger partial charge in [0.05, 0.1) is 6.04 Å². The Balaban J connectivity index is 4.23. The predicted octanol–water partition coefficient (Wildman–Crippen LogP) is 3.85. The quantitative estimate of drug-likeness (QED) is 0.312. The Hall–Kier alpha value is -1.14. The van der Waals surface area contributed by atoms with E-state index in [2.05, 4.69) is 31.5 Å². The zero-order valence-electron chi connectivity index (χ0n) is 10.2. The van der Waals surface area contributed by atoms with Gasteiger partial charge in [-0.05, 0) is 38.0 Å². The molecular formula is C14H22NO. The van der Waals surface area contributed by atoms with Gasteiger partial charge in [-0.15, -0.1) is 13.2 Å². The maximum Gasteiger partial charge on any atom is 0.235 e. The summed E-state index contributed by atoms with van der Waals surface area (Å²) in [6, 6.07) is 0.0326. The minimum absolute atomic E-state index is 0.0326. The lowest BCUT2D eigenvalue weighted by Gasteiger charge is -2.17. The van der Waals surface area contributed by atoms with E-state index in [0.717, 1.165) is 32.1 Å². The Bertz CT molecular complexity index is 241. The molecule has 16 heavy (non-hydrogen) atoms. The first-order valence-corrected chi connectivity index (χ1v) is 5.88. The summed E-state index contributed by atoms with van der Waals surface area (Å²) in [5.74, 6) is 0.527. The Kier molecular flexibility index (Phi) is 9.64. The van der Waals surface area contributed by atoms with Crippen LogP contribution in [0.2, 0.25) is 0 Å². The third-order valence-corrected chi connectivity index (χ3v) is 2.57. The topological polar surface area (TPSA) is 29.4 Å². The van der Waals surface area contributed by atoms with Gasteiger partial charge < -0.3 is 0 Å². The van der Waals surface area contributed by atoms with E-state index in [4.69, 9.17) is 0 Å². The minimum Gasteiger partial charge on any atom is -0.211 e. The van der Waals surface area contributed by atoms with Crippen molar-refractivity contribution in [3.63, 3.8) is 0 Å². The monoisotopic (exact) mass is 220 g/mol. The minimum atomic E-state index is 0.0326. The summed E-state index contributed by atoms with van der Waals surface area (Å²) in [7, 11) is 0. The van der Waals surface area contributed by atoms with Gasteiger partial charge in [0.25, 0.3) is 0 Å². The van der Waals surface area contributed by atoms with Gasteiger partial charge >= 0.3 is 0 Å². The van der Waals surface area contributed by atoms with Crippen molar-refractivity contribution in [3.8, 4) is 0 Å². The van der Waals surface area contributed by atoms with Crippen LogP contribution in [-0.4, -0.2) is 12.1 Å². The van der Waals surface area contributed by atoms with Crippen LogP contribution >= 0.6 is 0 Å². The van der Waals surface area contributed by atoms with Gasteiger partial charge in [0.1, 0.15) is 0 Å². The Morgan fingerprint density at radius 3 is 2.44 bits per heavy atom. The number of nitrogens with zero attached hydrogens (tertiary/aromatic N) is 1. The van der Waals surface area contributed by atoms with Gasteiger partial charge in [0.15, 0.2) is 0 Å². The molecule has 0 aromatic carbocycles. The molecule has 0 aliphatic heterocycles. The second-order valence-electron chi connectivity index (χ2n) is 3.96. The Morgan fingerprint density at radius 1 is 1.25 bits per heavy atom. The van der Waals surface area contributed by atoms with Crippen molar-refractivity contribution in [2.75, 3.05) is 0 Å². The first-order chi connectivity index (χ1) is 7.78. The first kappa shape index (κ1) is 14.9. The molecule has 2 atom stereocenters. The number of isocyanates is 1. The molecule has 0 saturated carbocycles. The van der Waals surface area contributed by atoms with E-state index in [1.807, 2.05) is 6.08 Å². The van der Waals surface area contributed by atoms with Crippen LogP contribution in [0.25, 0.3) is 0 Å². The highest BCUT2D eigenvalue weighted by Gasteiger charge is 2.13. The summed E-state index contributed by atoms with van der Waals surface area (Å²) in [4.78, 5) is 14.1. The summed E-state index contributed by atoms with van der Waals surface area (Å²) in [6.07, 6.45) is 12.4. The zero-order chi connectivity index (χ0) is 12.2. The number of unbranched alkanes of at least 4 members (excludes halogenated alkanes) is 1. The van der Waals surface area contributed by atoms with Crippen molar-refractivity contribution in [3.05, 3.63) is 31.7 Å². The van der Waals surface area contributed by atoms with Crippen molar-refractivity contribution in [1.29, 1.82) is 0 Å². The zero-order valence-corrected chi connectivity index (χ0v) is 10.2. The van der Waals surface area contributed by atoms with E-state index in [0.29, 0.717) is 5.92 Å². The van der Waals surface area contributed by atoms with Crippen LogP contribution in [0.4, 0.5) is 0 Å². The molecule has 2 unspecified atom stereocenters. The molecule has 0 N–H and O–H groups in total. The van der Waals surface area contributed by atoms with Crippen LogP contribution in [0, 0.1) is 12.3 Å². The van der Waals surface area contributed by atoms with E-state index in [-0.39, 0.29) is 6.04 Å². The summed E-state index contributed by atoms with van der Waals surface area (Å²) >= 11 is 0. The third kappa shape index (κ3) is 7.19. The highest BCUT2D eigenvalue weighted by Crippen LogP contribution is 2.21. The molecule has 0 aliphatic carbocycles. The van der Waals surface area contributed by atoms with Gasteiger partial charge in [-0.25, -0.2) is 9.79 Å². The molecule has 0 amide bonds. The summed E-state index contributed by atoms with van der Waals surface area (Å²) < 4.78 is 0. The smallest absolute Gasteiger partial charge is 0.211 e. The molecule has 2 nitrogen and oxygen atoms in total. The molecule has 2 heteroatoms. The lowest BCUT2D eigenvalue weighted by Crippen LogP contribution is -2.11. The van der Waals surface area contributed by atoms with E-state index in [1.54, 1.807) is 12.2 Å². The first-order valence-electron chi connectivity index (χ1n) is 5.88. The number of carbonyl (C=O) groups excluding carboxylic acids is 1. The maximum absolute atomic E-state index is 10.3. The molecular weight excluding hydrogens is 198 g/mol. The van der Waals surface area contributed by atoms with Crippen molar-refractivity contribution in [1.82, 2.24) is 0 Å². The molecule has 1 radical (unpaired) electrons. The van der Waals surface area contributed by atoms with Crippen molar-refractivity contribution >= 4 is 6.08 Å². The molecule has 0 heterocycles. The fourth-order valence-electron chi connectivity index (χ4n) is 1.78. The number of hydrogen-bond acceptors (Lipinski definition) is 2. The van der Waals surface area contributed by atoms with E-state index < -0.39 is 0 Å². The Labute approximate surface area is 99.2 Å². The number of hydrogen-bond donors (Lipinski definition) is 0. The lowest BCUT2D eigenvalue weighted by molar-refractivity contribution is 0.427. The van der Waals surface area contributed by atoms with Crippen molar-refractivity contribution < 1.29 is 4.79 Å². The molecule has 0 rings (SSSR count). The van der Waals surface area contributed by atoms with Crippen LogP contribution in [-0.2, 0) is 4.79 Å². The molecule has 0 aromatic rings. The molecule has 0 bridgehead atoms. The molecule has 0 spiro atoms. The fourth-order valence-corrected chi connectivity index (χ4v) is 1.78. The molecule has 0 aromatic heterocycles. The van der Waals surface area contributed by atoms with Crippen LogP contribution in [0.3, 0.4) is 0 Å². The van der Waals surface area contributed by atoms with E-state index in [9.17, 15) is 4.79 Å². The van der Waals surface area contributed by atoms with Gasteiger partial charge in [-0.3, -0.25) is 0 Å². The standard InChI is InChI=1S/C14H22NO/c1-4-7-10-13(8-5-2)11-14(9-6-3)15-12-16/h5-7,13-14H,2-4,8-11H2,1H3. The number of allylic oxidation sites excluding steroid dienone is 1. The average molecular weight is 220 g/mol. The summed E-state index contributed by atoms with van der Waals surface area (Å²) in [5.41, 5.74) is 0. The lowest BCUT2D eigenvalue weighted by atomic mass is 9.90. The third-order valence-electron chi connectivity index (χ3n) is 2.57. The molecule has 0 saturated heterocycles. The largest absolute Gasteiger partial charge is 0.235 e. The average Bonchev–Trinajstić information content (AvgIpc) is 2.27. The second kappa shape index (κ2) is 10.4. The van der Waals surface area contributed by atoms with Gasteiger partial charge in [-0.2, -0.15) is 0 Å². The highest BCUT2D eigenvalue weighted by molar-refractivity contribution is 5.33.